The highest BCUT2D eigenvalue weighted by Gasteiger charge is 2.17. The molecule has 4 nitrogen and oxygen atoms in total. The maximum absolute atomic E-state index is 13.2. The van der Waals surface area contributed by atoms with Crippen molar-refractivity contribution in [3.63, 3.8) is 0 Å². The fraction of sp³-hybridized carbons (Fsp3) is 0.286. The zero-order valence-corrected chi connectivity index (χ0v) is 10.5. The predicted molar refractivity (Wildman–Crippen MR) is 72.1 cm³/mol. The van der Waals surface area contributed by atoms with Crippen LogP contribution in [0.2, 0.25) is 0 Å². The summed E-state index contributed by atoms with van der Waals surface area (Å²) in [6, 6.07) is 3.53. The van der Waals surface area contributed by atoms with Gasteiger partial charge in [-0.1, -0.05) is 0 Å². The van der Waals surface area contributed by atoms with Gasteiger partial charge in [0.2, 0.25) is 0 Å². The maximum Gasteiger partial charge on any atom is 0.142 e. The number of nitrogens with two attached hydrogens (primary N) is 1. The van der Waals surface area contributed by atoms with Crippen LogP contribution in [0.15, 0.2) is 30.7 Å². The van der Waals surface area contributed by atoms with Crippen molar-refractivity contribution >= 4 is 5.82 Å². The fourth-order valence-corrected chi connectivity index (χ4v) is 2.44. The summed E-state index contributed by atoms with van der Waals surface area (Å²) in [7, 11) is 0. The number of anilines is 1. The Bertz CT molecular complexity index is 600. The van der Waals surface area contributed by atoms with Gasteiger partial charge in [-0.3, -0.25) is 4.98 Å². The molecular weight excluding hydrogens is 243 g/mol. The Morgan fingerprint density at radius 1 is 1.21 bits per heavy atom. The Morgan fingerprint density at radius 3 is 2.84 bits per heavy atom. The standard InChI is InChI=1S/C14H15FN4/c15-13-5-12(6-17-8-13)11-4-10-2-1-3-19(9-16)14(10)18-7-11/h4-8H,1-3,9,16H2. The van der Waals surface area contributed by atoms with E-state index in [9.17, 15) is 4.39 Å². The minimum absolute atomic E-state index is 0.334. The fourth-order valence-electron chi connectivity index (χ4n) is 2.44. The third kappa shape index (κ3) is 2.29. The number of nitrogens with zero attached hydrogens (tertiary/aromatic N) is 3. The van der Waals surface area contributed by atoms with Gasteiger partial charge < -0.3 is 10.6 Å². The number of fused-ring (bicyclic) bond motifs is 1. The zero-order chi connectivity index (χ0) is 13.2. The number of hydrogen-bond donors (Lipinski definition) is 1. The van der Waals surface area contributed by atoms with Crippen LogP contribution in [0.3, 0.4) is 0 Å². The summed E-state index contributed by atoms with van der Waals surface area (Å²) >= 11 is 0. The lowest BCUT2D eigenvalue weighted by molar-refractivity contribution is 0.622. The van der Waals surface area contributed by atoms with Crippen LogP contribution in [0.1, 0.15) is 12.0 Å². The molecule has 0 spiro atoms. The molecule has 19 heavy (non-hydrogen) atoms. The largest absolute Gasteiger partial charge is 0.344 e. The van der Waals surface area contributed by atoms with Gasteiger partial charge in [-0.15, -0.1) is 0 Å². The summed E-state index contributed by atoms with van der Waals surface area (Å²) in [5.41, 5.74) is 8.52. The Morgan fingerprint density at radius 2 is 2.05 bits per heavy atom. The topological polar surface area (TPSA) is 55.0 Å². The molecule has 1 aliphatic rings. The molecule has 0 radical (unpaired) electrons. The average Bonchev–Trinajstić information content (AvgIpc) is 2.46. The van der Waals surface area contributed by atoms with Gasteiger partial charge >= 0.3 is 0 Å². The molecule has 3 heterocycles. The van der Waals surface area contributed by atoms with Crippen molar-refractivity contribution < 1.29 is 4.39 Å². The normalized spacial score (nSPS) is 14.3. The van der Waals surface area contributed by atoms with Crippen LogP contribution in [0.25, 0.3) is 11.1 Å². The van der Waals surface area contributed by atoms with Crippen molar-refractivity contribution in [3.05, 3.63) is 42.1 Å². The molecule has 0 amide bonds. The molecule has 0 fully saturated rings. The summed E-state index contributed by atoms with van der Waals surface area (Å²) < 4.78 is 13.2. The molecular formula is C14H15FN4. The second-order valence-corrected chi connectivity index (χ2v) is 4.65. The number of aryl methyl sites for hydroxylation is 1. The Balaban J connectivity index is 2.02. The smallest absolute Gasteiger partial charge is 0.142 e. The molecule has 0 saturated heterocycles. The maximum atomic E-state index is 13.2. The van der Waals surface area contributed by atoms with E-state index in [4.69, 9.17) is 5.73 Å². The van der Waals surface area contributed by atoms with E-state index < -0.39 is 0 Å². The van der Waals surface area contributed by atoms with Crippen LogP contribution in [0.5, 0.6) is 0 Å². The van der Waals surface area contributed by atoms with Crippen molar-refractivity contribution in [2.75, 3.05) is 18.1 Å². The summed E-state index contributed by atoms with van der Waals surface area (Å²) in [6.07, 6.45) is 6.65. The van der Waals surface area contributed by atoms with Gasteiger partial charge in [0.05, 0.1) is 12.9 Å². The quantitative estimate of drug-likeness (QED) is 0.894. The lowest BCUT2D eigenvalue weighted by atomic mass is 10.0. The van der Waals surface area contributed by atoms with Crippen LogP contribution in [-0.4, -0.2) is 23.2 Å². The molecule has 2 N–H and O–H groups in total. The summed E-state index contributed by atoms with van der Waals surface area (Å²) in [5, 5.41) is 0. The van der Waals surface area contributed by atoms with E-state index in [-0.39, 0.29) is 5.82 Å². The van der Waals surface area contributed by atoms with E-state index in [0.717, 1.165) is 36.3 Å². The van der Waals surface area contributed by atoms with Crippen LogP contribution in [0.4, 0.5) is 10.2 Å². The second kappa shape index (κ2) is 4.93. The summed E-state index contributed by atoms with van der Waals surface area (Å²) in [5.74, 6) is 0.612. The SMILES string of the molecule is NCN1CCCc2cc(-c3cncc(F)c3)cnc21. The second-order valence-electron chi connectivity index (χ2n) is 4.65. The monoisotopic (exact) mass is 258 g/mol. The van der Waals surface area contributed by atoms with E-state index in [1.807, 2.05) is 0 Å². The van der Waals surface area contributed by atoms with Gasteiger partial charge in [0.15, 0.2) is 0 Å². The molecule has 0 aromatic carbocycles. The molecule has 0 bridgehead atoms. The van der Waals surface area contributed by atoms with Gasteiger partial charge in [-0.2, -0.15) is 0 Å². The van der Waals surface area contributed by atoms with Crippen molar-refractivity contribution in [2.45, 2.75) is 12.8 Å². The highest BCUT2D eigenvalue weighted by Crippen LogP contribution is 2.28. The molecule has 3 rings (SSSR count). The highest BCUT2D eigenvalue weighted by molar-refractivity contribution is 5.65. The van der Waals surface area contributed by atoms with Gasteiger partial charge in [-0.25, -0.2) is 9.37 Å². The van der Waals surface area contributed by atoms with E-state index >= 15 is 0 Å². The molecule has 98 valence electrons. The first-order chi connectivity index (χ1) is 9.28. The summed E-state index contributed by atoms with van der Waals surface area (Å²) in [4.78, 5) is 10.4. The van der Waals surface area contributed by atoms with Gasteiger partial charge in [0, 0.05) is 30.1 Å². The molecule has 5 heteroatoms. The van der Waals surface area contributed by atoms with E-state index in [1.54, 1.807) is 12.4 Å². The Kier molecular flexibility index (Phi) is 3.13. The van der Waals surface area contributed by atoms with E-state index in [1.165, 1.54) is 17.8 Å². The van der Waals surface area contributed by atoms with E-state index in [2.05, 4.69) is 20.9 Å². The number of halogens is 1. The Labute approximate surface area is 111 Å². The van der Waals surface area contributed by atoms with Crippen LogP contribution in [0, 0.1) is 5.82 Å². The first-order valence-electron chi connectivity index (χ1n) is 6.33. The summed E-state index contributed by atoms with van der Waals surface area (Å²) in [6.45, 7) is 1.41. The van der Waals surface area contributed by atoms with Gasteiger partial charge in [0.1, 0.15) is 11.6 Å². The third-order valence-electron chi connectivity index (χ3n) is 3.38. The van der Waals surface area contributed by atoms with Crippen LogP contribution >= 0.6 is 0 Å². The molecule has 0 atom stereocenters. The van der Waals surface area contributed by atoms with Crippen molar-refractivity contribution in [1.82, 2.24) is 9.97 Å². The first-order valence-corrected chi connectivity index (χ1v) is 6.33. The molecule has 2 aromatic rings. The Hall–Kier alpha value is -2.01. The minimum atomic E-state index is -0.334. The average molecular weight is 258 g/mol. The molecule has 0 aliphatic carbocycles. The van der Waals surface area contributed by atoms with Gasteiger partial charge in [0.25, 0.3) is 0 Å². The van der Waals surface area contributed by atoms with Crippen molar-refractivity contribution in [3.8, 4) is 11.1 Å². The number of rotatable bonds is 2. The zero-order valence-electron chi connectivity index (χ0n) is 10.5. The number of pyridine rings is 2. The molecule has 1 aliphatic heterocycles. The molecule has 2 aromatic heterocycles. The van der Waals surface area contributed by atoms with Crippen molar-refractivity contribution in [1.29, 1.82) is 0 Å². The molecule has 0 saturated carbocycles. The lowest BCUT2D eigenvalue weighted by Crippen LogP contribution is -2.35. The lowest BCUT2D eigenvalue weighted by Gasteiger charge is -2.28. The molecule has 0 unspecified atom stereocenters. The first kappa shape index (κ1) is 12.0. The predicted octanol–water partition coefficient (Wildman–Crippen LogP) is 1.95. The van der Waals surface area contributed by atoms with Crippen LogP contribution < -0.4 is 10.6 Å². The third-order valence-corrected chi connectivity index (χ3v) is 3.38. The highest BCUT2D eigenvalue weighted by atomic mass is 19.1. The minimum Gasteiger partial charge on any atom is -0.344 e. The van der Waals surface area contributed by atoms with Gasteiger partial charge in [-0.05, 0) is 30.5 Å². The number of hydrogen-bond acceptors (Lipinski definition) is 4. The van der Waals surface area contributed by atoms with Crippen molar-refractivity contribution in [2.24, 2.45) is 5.73 Å². The van der Waals surface area contributed by atoms with Crippen LogP contribution in [-0.2, 0) is 6.42 Å². The number of aromatic nitrogens is 2. The van der Waals surface area contributed by atoms with E-state index in [0.29, 0.717) is 6.67 Å².